The van der Waals surface area contributed by atoms with Crippen molar-refractivity contribution in [3.05, 3.63) is 61.7 Å². The van der Waals surface area contributed by atoms with Gasteiger partial charge in [0.05, 0.1) is 22.5 Å². The first-order chi connectivity index (χ1) is 20.2. The molecular weight excluding hydrogens is 560 g/mol. The molecule has 0 aromatic heterocycles. The molecule has 0 spiro atoms. The number of anilines is 1. The highest BCUT2D eigenvalue weighted by Crippen LogP contribution is 2.34. The summed E-state index contributed by atoms with van der Waals surface area (Å²) in [6, 6.07) is 3.37. The van der Waals surface area contributed by atoms with Crippen molar-refractivity contribution in [3.63, 3.8) is 0 Å². The van der Waals surface area contributed by atoms with Crippen LogP contribution in [0.25, 0.3) is 0 Å². The number of non-ortho nitro benzene ring substituents is 1. The molecule has 1 aliphatic rings. The summed E-state index contributed by atoms with van der Waals surface area (Å²) in [6.45, 7) is 11.1. The fourth-order valence-corrected chi connectivity index (χ4v) is 4.70. The van der Waals surface area contributed by atoms with Crippen molar-refractivity contribution in [1.82, 2.24) is 0 Å². The van der Waals surface area contributed by atoms with Gasteiger partial charge in [0.2, 0.25) is 0 Å². The highest BCUT2D eigenvalue weighted by molar-refractivity contribution is 5.88. The summed E-state index contributed by atoms with van der Waals surface area (Å²) < 4.78 is 17.0. The lowest BCUT2D eigenvalue weighted by Crippen LogP contribution is -2.43. The Balaban J connectivity index is 2.18. The number of nitro benzene ring substituents is 2. The summed E-state index contributed by atoms with van der Waals surface area (Å²) in [4.78, 5) is 44.3. The molecule has 1 unspecified atom stereocenters. The van der Waals surface area contributed by atoms with Crippen LogP contribution in [0.5, 0.6) is 0 Å². The third-order valence-electron chi connectivity index (χ3n) is 7.27. The van der Waals surface area contributed by atoms with E-state index in [2.05, 4.69) is 10.5 Å². The number of rotatable bonds is 14. The molecule has 0 aliphatic carbocycles. The van der Waals surface area contributed by atoms with Gasteiger partial charge < -0.3 is 14.2 Å². The van der Waals surface area contributed by atoms with Crippen LogP contribution in [0.15, 0.2) is 46.6 Å². The van der Waals surface area contributed by atoms with Crippen molar-refractivity contribution in [2.24, 2.45) is 11.0 Å². The van der Waals surface area contributed by atoms with E-state index in [0.717, 1.165) is 22.9 Å². The molecule has 1 heterocycles. The molecule has 13 heteroatoms. The van der Waals surface area contributed by atoms with E-state index in [1.165, 1.54) is 26.0 Å². The topological polar surface area (TPSA) is 173 Å². The van der Waals surface area contributed by atoms with Gasteiger partial charge in [0, 0.05) is 32.0 Å². The Labute approximate surface area is 251 Å². The predicted molar refractivity (Wildman–Crippen MR) is 162 cm³/mol. The van der Waals surface area contributed by atoms with Crippen LogP contribution >= 0.6 is 0 Å². The van der Waals surface area contributed by atoms with Gasteiger partial charge in [0.15, 0.2) is 0 Å². The van der Waals surface area contributed by atoms with Gasteiger partial charge in [-0.1, -0.05) is 18.6 Å². The normalized spacial score (nSPS) is 20.5. The van der Waals surface area contributed by atoms with Crippen molar-refractivity contribution in [2.45, 2.75) is 91.8 Å². The standard InChI is InChI=1S/C30H42N4O9/c1-20(2)9-12-26(31-32-27-13-11-25(33(37)38)18-28(27)34(39)40)21(3)8-7-16-30(6)29(43-23(5)36)14-10-24(19-42-30)15-17-41-22(4)35/h9,11,13,15,18,21,29,32H,7-8,10,12,14,16-17,19H2,1-6H3/t21?,29-,30+/m1/s1. The van der Waals surface area contributed by atoms with Crippen LogP contribution in [0.1, 0.15) is 80.1 Å². The minimum absolute atomic E-state index is 0.0269. The Kier molecular flexibility index (Phi) is 13.5. The SMILES string of the molecule is CC(=O)OCC=C1CC[C@@H](OC(C)=O)[C@](C)(CCCC(C)C(CC=C(C)C)=NNc2ccc([N+](=O)[O-])cc2[N+](=O)[O-])OC1. The number of carbonyl (C=O) groups is 2. The number of hydrogen-bond acceptors (Lipinski definition) is 11. The number of benzene rings is 1. The molecule has 13 nitrogen and oxygen atoms in total. The van der Waals surface area contributed by atoms with Crippen molar-refractivity contribution >= 4 is 34.7 Å². The monoisotopic (exact) mass is 602 g/mol. The Hall–Kier alpha value is -4.13. The number of esters is 2. The quantitative estimate of drug-likeness (QED) is 0.0822. The van der Waals surface area contributed by atoms with Gasteiger partial charge in [0.25, 0.3) is 5.69 Å². The fraction of sp³-hybridized carbons (Fsp3) is 0.567. The first kappa shape index (κ1) is 35.1. The molecule has 236 valence electrons. The zero-order chi connectivity index (χ0) is 32.2. The highest BCUT2D eigenvalue weighted by atomic mass is 16.6. The third kappa shape index (κ3) is 11.6. The summed E-state index contributed by atoms with van der Waals surface area (Å²) in [5, 5.41) is 27.1. The second kappa shape index (κ2) is 16.5. The lowest BCUT2D eigenvalue weighted by molar-refractivity contribution is -0.393. The molecule has 1 aromatic carbocycles. The van der Waals surface area contributed by atoms with Crippen molar-refractivity contribution in [2.75, 3.05) is 18.6 Å². The van der Waals surface area contributed by atoms with E-state index in [0.29, 0.717) is 45.1 Å². The summed E-state index contributed by atoms with van der Waals surface area (Å²) in [5.41, 5.74) is 4.06. The van der Waals surface area contributed by atoms with Gasteiger partial charge in [0.1, 0.15) is 24.0 Å². The smallest absolute Gasteiger partial charge is 0.303 e. The number of carbonyl (C=O) groups excluding carboxylic acids is 2. The Morgan fingerprint density at radius 1 is 1.19 bits per heavy atom. The van der Waals surface area contributed by atoms with Gasteiger partial charge in [-0.25, -0.2) is 0 Å². The minimum Gasteiger partial charge on any atom is -0.462 e. The van der Waals surface area contributed by atoms with Crippen LogP contribution in [0.3, 0.4) is 0 Å². The van der Waals surface area contributed by atoms with Gasteiger partial charge in [-0.3, -0.25) is 35.2 Å². The number of allylic oxidation sites excluding steroid dienone is 2. The molecule has 1 aromatic rings. The molecule has 1 saturated heterocycles. The van der Waals surface area contributed by atoms with E-state index < -0.39 is 27.2 Å². The maximum absolute atomic E-state index is 11.9. The summed E-state index contributed by atoms with van der Waals surface area (Å²) >= 11 is 0. The number of hydrazone groups is 1. The summed E-state index contributed by atoms with van der Waals surface area (Å²) in [7, 11) is 0. The molecule has 0 radical (unpaired) electrons. The maximum Gasteiger partial charge on any atom is 0.303 e. The molecule has 2 rings (SSSR count). The van der Waals surface area contributed by atoms with E-state index in [-0.39, 0.29) is 35.8 Å². The molecule has 0 saturated carbocycles. The van der Waals surface area contributed by atoms with Crippen molar-refractivity contribution in [1.29, 1.82) is 0 Å². The average Bonchev–Trinajstić information content (AvgIpc) is 3.06. The van der Waals surface area contributed by atoms with Gasteiger partial charge >= 0.3 is 17.6 Å². The number of nitrogens with one attached hydrogen (secondary N) is 1. The molecule has 1 fully saturated rings. The van der Waals surface area contributed by atoms with Crippen molar-refractivity contribution < 1.29 is 33.6 Å². The maximum atomic E-state index is 11.9. The lowest BCUT2D eigenvalue weighted by atomic mass is 9.87. The Bertz CT molecular complexity index is 1270. The second-order valence-electron chi connectivity index (χ2n) is 11.1. The Morgan fingerprint density at radius 3 is 2.51 bits per heavy atom. The lowest BCUT2D eigenvalue weighted by Gasteiger charge is -2.35. The Morgan fingerprint density at radius 2 is 1.91 bits per heavy atom. The molecule has 3 atom stereocenters. The first-order valence-corrected chi connectivity index (χ1v) is 14.2. The minimum atomic E-state index is -0.739. The molecule has 43 heavy (non-hydrogen) atoms. The van der Waals surface area contributed by atoms with E-state index >= 15 is 0 Å². The van der Waals surface area contributed by atoms with Crippen LogP contribution in [-0.4, -0.2) is 52.4 Å². The number of nitrogens with zero attached hydrogens (tertiary/aromatic N) is 3. The molecule has 1 aliphatic heterocycles. The van der Waals surface area contributed by atoms with Crippen LogP contribution in [-0.2, 0) is 23.8 Å². The molecular formula is C30H42N4O9. The van der Waals surface area contributed by atoms with E-state index in [1.807, 2.05) is 39.8 Å². The average molecular weight is 603 g/mol. The summed E-state index contributed by atoms with van der Waals surface area (Å²) in [5.74, 6) is -0.777. The van der Waals surface area contributed by atoms with Gasteiger partial charge in [-0.05, 0) is 76.5 Å². The molecule has 1 N–H and O–H groups in total. The fourth-order valence-electron chi connectivity index (χ4n) is 4.70. The second-order valence-corrected chi connectivity index (χ2v) is 11.1. The molecule has 0 amide bonds. The van der Waals surface area contributed by atoms with Crippen LogP contribution in [0.2, 0.25) is 0 Å². The first-order valence-electron chi connectivity index (χ1n) is 14.2. The van der Waals surface area contributed by atoms with Gasteiger partial charge in [-0.2, -0.15) is 5.10 Å². The largest absolute Gasteiger partial charge is 0.462 e. The zero-order valence-corrected chi connectivity index (χ0v) is 25.7. The van der Waals surface area contributed by atoms with Crippen LogP contribution in [0.4, 0.5) is 17.1 Å². The van der Waals surface area contributed by atoms with E-state index in [9.17, 15) is 29.8 Å². The highest BCUT2D eigenvalue weighted by Gasteiger charge is 2.39. The van der Waals surface area contributed by atoms with Crippen LogP contribution < -0.4 is 5.43 Å². The number of hydrogen-bond donors (Lipinski definition) is 1. The number of nitro groups is 2. The van der Waals surface area contributed by atoms with E-state index in [1.54, 1.807) is 0 Å². The summed E-state index contributed by atoms with van der Waals surface area (Å²) in [6.07, 6.45) is 7.14. The third-order valence-corrected chi connectivity index (χ3v) is 7.27. The van der Waals surface area contributed by atoms with Crippen LogP contribution in [0, 0.1) is 26.1 Å². The number of ether oxygens (including phenoxy) is 3. The van der Waals surface area contributed by atoms with Crippen molar-refractivity contribution in [3.8, 4) is 0 Å². The zero-order valence-electron chi connectivity index (χ0n) is 25.7. The molecule has 0 bridgehead atoms. The van der Waals surface area contributed by atoms with Gasteiger partial charge in [-0.15, -0.1) is 0 Å². The van der Waals surface area contributed by atoms with E-state index in [4.69, 9.17) is 14.2 Å². The predicted octanol–water partition coefficient (Wildman–Crippen LogP) is 6.42.